The fourth-order valence-corrected chi connectivity index (χ4v) is 5.90. The van der Waals surface area contributed by atoms with E-state index in [0.29, 0.717) is 56.3 Å². The molecule has 2 aromatic carbocycles. The maximum absolute atomic E-state index is 14.0. The Morgan fingerprint density at radius 1 is 0.900 bits per heavy atom. The zero-order chi connectivity index (χ0) is 29.0. The van der Waals surface area contributed by atoms with Gasteiger partial charge in [-0.2, -0.15) is 0 Å². The van der Waals surface area contributed by atoms with Gasteiger partial charge in [0.2, 0.25) is 0 Å². The quantitative estimate of drug-likeness (QED) is 0.291. The smallest absolute Gasteiger partial charge is 0.336 e. The predicted octanol–water partition coefficient (Wildman–Crippen LogP) is 5.03. The average Bonchev–Trinajstić information content (AvgIpc) is 2.95. The van der Waals surface area contributed by atoms with Gasteiger partial charge in [0.25, 0.3) is 0 Å². The van der Waals surface area contributed by atoms with Crippen molar-refractivity contribution in [3.05, 3.63) is 68.5 Å². The Morgan fingerprint density at radius 3 is 2.20 bits per heavy atom. The van der Waals surface area contributed by atoms with Gasteiger partial charge in [0, 0.05) is 40.9 Å². The van der Waals surface area contributed by atoms with Crippen LogP contribution in [0.4, 0.5) is 0 Å². The molecule has 9 nitrogen and oxygen atoms in total. The molecule has 0 fully saturated rings. The summed E-state index contributed by atoms with van der Waals surface area (Å²) >= 11 is 3.65. The van der Waals surface area contributed by atoms with Crippen LogP contribution in [0.1, 0.15) is 42.7 Å². The molecular weight excluding hydrogens is 582 g/mol. The summed E-state index contributed by atoms with van der Waals surface area (Å²) in [5.74, 6) is 0.888. The third-order valence-electron chi connectivity index (χ3n) is 7.26. The Labute approximate surface area is 242 Å². The number of dihydropyridines is 1. The van der Waals surface area contributed by atoms with Gasteiger partial charge in [0.15, 0.2) is 28.8 Å². The van der Waals surface area contributed by atoms with E-state index in [1.807, 2.05) is 25.1 Å². The highest BCUT2D eigenvalue weighted by atomic mass is 79.9. The van der Waals surface area contributed by atoms with Crippen molar-refractivity contribution in [1.29, 1.82) is 0 Å². The summed E-state index contributed by atoms with van der Waals surface area (Å²) in [4.78, 5) is 27.4. The first kappa shape index (κ1) is 29.5. The number of rotatable bonds is 10. The molecule has 10 heteroatoms. The van der Waals surface area contributed by atoms with Gasteiger partial charge in [-0.05, 0) is 54.7 Å². The molecule has 1 heterocycles. The molecule has 40 heavy (non-hydrogen) atoms. The van der Waals surface area contributed by atoms with Gasteiger partial charge in [-0.15, -0.1) is 0 Å². The van der Waals surface area contributed by atoms with Gasteiger partial charge >= 0.3 is 5.97 Å². The third-order valence-corrected chi connectivity index (χ3v) is 7.95. The summed E-state index contributed by atoms with van der Waals surface area (Å²) in [5, 5.41) is 3.37. The molecule has 0 spiro atoms. The molecule has 0 aromatic heterocycles. The van der Waals surface area contributed by atoms with Crippen LogP contribution in [0, 0.1) is 0 Å². The highest BCUT2D eigenvalue weighted by molar-refractivity contribution is 9.10. The minimum Gasteiger partial charge on any atom is -0.493 e. The molecule has 0 saturated carbocycles. The Bertz CT molecular complexity index is 1370. The third kappa shape index (κ3) is 5.69. The number of esters is 1. The first-order valence-corrected chi connectivity index (χ1v) is 13.6. The Kier molecular flexibility index (Phi) is 9.42. The summed E-state index contributed by atoms with van der Waals surface area (Å²) in [6.07, 6.45) is 0.837. The van der Waals surface area contributed by atoms with Crippen molar-refractivity contribution in [2.45, 2.75) is 31.6 Å². The van der Waals surface area contributed by atoms with E-state index >= 15 is 0 Å². The van der Waals surface area contributed by atoms with E-state index in [4.69, 9.17) is 28.4 Å². The Morgan fingerprint density at radius 2 is 1.55 bits per heavy atom. The van der Waals surface area contributed by atoms with E-state index in [9.17, 15) is 9.59 Å². The van der Waals surface area contributed by atoms with Gasteiger partial charge in [-0.25, -0.2) is 4.79 Å². The van der Waals surface area contributed by atoms with E-state index in [0.717, 1.165) is 11.3 Å². The monoisotopic (exact) mass is 615 g/mol. The van der Waals surface area contributed by atoms with Crippen LogP contribution in [0.15, 0.2) is 57.3 Å². The lowest BCUT2D eigenvalue weighted by Crippen LogP contribution is -2.36. The molecule has 1 aliphatic carbocycles. The standard InChI is InChI=1S/C30H34BrNO8/c1-16-27(30(34)40-10-9-35-2)28(19-14-25(38-5)26(39-6)15-20(19)31)29-21(32-16)11-18(12-22(29)33)17-7-8-23(36-3)24(13-17)37-4/h7-8,13-15,18,28,32H,9-12H2,1-6H3/t18-,28-/m0/s1. The normalized spacial score (nSPS) is 18.6. The number of nitrogens with one attached hydrogen (secondary N) is 1. The summed E-state index contributed by atoms with van der Waals surface area (Å²) < 4.78 is 33.2. The SMILES string of the molecule is COCCOC(=O)C1=C(C)NC2=C(C(=O)C[C@@H](c3ccc(OC)c(OC)c3)C2)[C@H]1c1cc(OC)c(OC)cc1Br. The van der Waals surface area contributed by atoms with Crippen molar-refractivity contribution < 1.29 is 38.0 Å². The molecule has 2 atom stereocenters. The molecule has 4 rings (SSSR count). The molecule has 2 aliphatic rings. The number of methoxy groups -OCH3 is 5. The second-order valence-corrected chi connectivity index (χ2v) is 10.3. The molecule has 0 bridgehead atoms. The second-order valence-electron chi connectivity index (χ2n) is 9.49. The van der Waals surface area contributed by atoms with E-state index in [2.05, 4.69) is 21.2 Å². The van der Waals surface area contributed by atoms with Crippen LogP contribution in [0.5, 0.6) is 23.0 Å². The van der Waals surface area contributed by atoms with Crippen molar-refractivity contribution in [1.82, 2.24) is 5.32 Å². The maximum atomic E-state index is 14.0. The predicted molar refractivity (Wildman–Crippen MR) is 152 cm³/mol. The number of carbonyl (C=O) groups is 2. The lowest BCUT2D eigenvalue weighted by molar-refractivity contribution is -0.140. The number of halogens is 1. The molecule has 1 N–H and O–H groups in total. The molecule has 0 saturated heterocycles. The number of hydrogen-bond acceptors (Lipinski definition) is 9. The topological polar surface area (TPSA) is 102 Å². The summed E-state index contributed by atoms with van der Waals surface area (Å²) in [5.41, 5.74) is 3.95. The van der Waals surface area contributed by atoms with Crippen molar-refractivity contribution in [3.63, 3.8) is 0 Å². The molecule has 214 valence electrons. The second kappa shape index (κ2) is 12.8. The molecule has 2 aromatic rings. The van der Waals surface area contributed by atoms with Crippen LogP contribution >= 0.6 is 15.9 Å². The highest BCUT2D eigenvalue weighted by Crippen LogP contribution is 2.49. The summed E-state index contributed by atoms with van der Waals surface area (Å²) in [7, 11) is 7.81. The van der Waals surface area contributed by atoms with Crippen LogP contribution in [0.2, 0.25) is 0 Å². The van der Waals surface area contributed by atoms with Crippen molar-refractivity contribution >= 4 is 27.7 Å². The molecule has 0 amide bonds. The number of allylic oxidation sites excluding steroid dienone is 3. The molecular formula is C30H34BrNO8. The lowest BCUT2D eigenvalue weighted by atomic mass is 9.71. The van der Waals surface area contributed by atoms with Gasteiger partial charge < -0.3 is 33.7 Å². The van der Waals surface area contributed by atoms with Gasteiger partial charge in [0.1, 0.15) is 6.61 Å². The maximum Gasteiger partial charge on any atom is 0.336 e. The number of ether oxygens (including phenoxy) is 6. The van der Waals surface area contributed by atoms with Crippen LogP contribution < -0.4 is 24.3 Å². The average molecular weight is 617 g/mol. The first-order chi connectivity index (χ1) is 19.3. The Balaban J connectivity index is 1.82. The van der Waals surface area contributed by atoms with Crippen LogP contribution in [-0.2, 0) is 19.1 Å². The highest BCUT2D eigenvalue weighted by Gasteiger charge is 2.42. The first-order valence-electron chi connectivity index (χ1n) is 12.8. The number of ketones is 1. The number of hydrogen-bond donors (Lipinski definition) is 1. The molecule has 0 unspecified atom stereocenters. The van der Waals surface area contributed by atoms with E-state index in [1.54, 1.807) is 40.6 Å². The zero-order valence-electron chi connectivity index (χ0n) is 23.5. The number of benzene rings is 2. The van der Waals surface area contributed by atoms with Gasteiger partial charge in [0.05, 0.1) is 40.6 Å². The number of Topliss-reactive ketones (excluding diaryl/α,β-unsaturated/α-hetero) is 1. The summed E-state index contributed by atoms with van der Waals surface area (Å²) in [6, 6.07) is 9.29. The van der Waals surface area contributed by atoms with Crippen LogP contribution in [0.25, 0.3) is 0 Å². The van der Waals surface area contributed by atoms with E-state index in [-0.39, 0.29) is 31.3 Å². The summed E-state index contributed by atoms with van der Waals surface area (Å²) in [6.45, 7) is 2.17. The minimum absolute atomic E-state index is 0.0603. The van der Waals surface area contributed by atoms with E-state index < -0.39 is 11.9 Å². The van der Waals surface area contributed by atoms with Crippen LogP contribution in [-0.4, -0.2) is 60.5 Å². The van der Waals surface area contributed by atoms with Crippen molar-refractivity contribution in [2.75, 3.05) is 48.8 Å². The van der Waals surface area contributed by atoms with Gasteiger partial charge in [-0.3, -0.25) is 4.79 Å². The van der Waals surface area contributed by atoms with E-state index in [1.165, 1.54) is 7.11 Å². The lowest BCUT2D eigenvalue weighted by Gasteiger charge is -2.37. The van der Waals surface area contributed by atoms with Gasteiger partial charge in [-0.1, -0.05) is 22.0 Å². The molecule has 0 radical (unpaired) electrons. The van der Waals surface area contributed by atoms with Crippen LogP contribution in [0.3, 0.4) is 0 Å². The Hall–Kier alpha value is -3.50. The fourth-order valence-electron chi connectivity index (χ4n) is 5.35. The largest absolute Gasteiger partial charge is 0.493 e. The number of carbonyl (C=O) groups excluding carboxylic acids is 2. The fraction of sp³-hybridized carbons (Fsp3) is 0.400. The van der Waals surface area contributed by atoms with Crippen molar-refractivity contribution in [2.24, 2.45) is 0 Å². The van der Waals surface area contributed by atoms with Crippen molar-refractivity contribution in [3.8, 4) is 23.0 Å². The zero-order valence-corrected chi connectivity index (χ0v) is 25.1. The minimum atomic E-state index is -0.681. The molecule has 1 aliphatic heterocycles.